The summed E-state index contributed by atoms with van der Waals surface area (Å²) in [5.41, 5.74) is 2.35. The molecule has 1 saturated heterocycles. The summed E-state index contributed by atoms with van der Waals surface area (Å²) in [6.45, 7) is 0.366. The van der Waals surface area contributed by atoms with Crippen LogP contribution in [0.2, 0.25) is 0 Å². The lowest BCUT2D eigenvalue weighted by molar-refractivity contribution is -0.158. The van der Waals surface area contributed by atoms with Crippen molar-refractivity contribution in [3.63, 3.8) is 0 Å². The summed E-state index contributed by atoms with van der Waals surface area (Å²) >= 11 is 0. The Bertz CT molecular complexity index is 618. The van der Waals surface area contributed by atoms with Crippen molar-refractivity contribution < 1.29 is 22.7 Å². The van der Waals surface area contributed by atoms with Gasteiger partial charge in [0.2, 0.25) is 5.91 Å². The topological polar surface area (TPSA) is 32.8 Å². The molecule has 1 amide bonds. The lowest BCUT2D eigenvalue weighted by atomic mass is 10.1. The Morgan fingerprint density at radius 2 is 2.17 bits per heavy atom. The second-order valence-electron chi connectivity index (χ2n) is 6.45. The Labute approximate surface area is 139 Å². The van der Waals surface area contributed by atoms with Gasteiger partial charge in [-0.1, -0.05) is 12.1 Å². The first-order valence-electron chi connectivity index (χ1n) is 8.14. The predicted molar refractivity (Wildman–Crippen MR) is 83.0 cm³/mol. The number of carbonyl (C=O) groups is 1. The summed E-state index contributed by atoms with van der Waals surface area (Å²) in [5.74, 6) is 0.512. The van der Waals surface area contributed by atoms with Gasteiger partial charge in [0.25, 0.3) is 0 Å². The van der Waals surface area contributed by atoms with E-state index in [9.17, 15) is 18.0 Å². The van der Waals surface area contributed by atoms with E-state index in [2.05, 4.69) is 6.07 Å². The molecule has 0 unspecified atom stereocenters. The Hall–Kier alpha value is -1.76. The number of alkyl halides is 3. The van der Waals surface area contributed by atoms with Gasteiger partial charge in [-0.3, -0.25) is 9.69 Å². The highest BCUT2D eigenvalue weighted by Crippen LogP contribution is 2.26. The first kappa shape index (κ1) is 17.1. The van der Waals surface area contributed by atoms with Gasteiger partial charge < -0.3 is 9.64 Å². The van der Waals surface area contributed by atoms with Crippen LogP contribution in [0.5, 0.6) is 5.75 Å². The van der Waals surface area contributed by atoms with Gasteiger partial charge in [-0.2, -0.15) is 13.2 Å². The fraction of sp³-hybridized carbons (Fsp3) is 0.588. The van der Waals surface area contributed by atoms with Gasteiger partial charge in [-0.15, -0.1) is 0 Å². The van der Waals surface area contributed by atoms with Crippen LogP contribution in [0.15, 0.2) is 18.2 Å². The monoisotopic (exact) mass is 342 g/mol. The number of nitrogens with zero attached hydrogens (tertiary/aromatic N) is 2. The molecule has 1 fully saturated rings. The summed E-state index contributed by atoms with van der Waals surface area (Å²) < 4.78 is 42.9. The van der Waals surface area contributed by atoms with Crippen molar-refractivity contribution in [3.05, 3.63) is 29.3 Å². The zero-order chi connectivity index (χ0) is 17.3. The second kappa shape index (κ2) is 6.63. The molecule has 0 radical (unpaired) electrons. The van der Waals surface area contributed by atoms with E-state index in [1.165, 1.54) is 5.56 Å². The molecule has 24 heavy (non-hydrogen) atoms. The van der Waals surface area contributed by atoms with Crippen LogP contribution < -0.4 is 4.74 Å². The summed E-state index contributed by atoms with van der Waals surface area (Å²) in [6.07, 6.45) is -2.22. The molecule has 0 bridgehead atoms. The average Bonchev–Trinajstić information content (AvgIpc) is 3.10. The van der Waals surface area contributed by atoms with Crippen LogP contribution in [0, 0.1) is 0 Å². The molecule has 0 aromatic heterocycles. The minimum absolute atomic E-state index is 0.170. The van der Waals surface area contributed by atoms with Crippen LogP contribution in [-0.2, 0) is 17.6 Å². The van der Waals surface area contributed by atoms with Crippen LogP contribution in [0.3, 0.4) is 0 Å². The fourth-order valence-corrected chi connectivity index (χ4v) is 3.36. The quantitative estimate of drug-likeness (QED) is 0.823. The van der Waals surface area contributed by atoms with Crippen molar-refractivity contribution >= 4 is 5.91 Å². The van der Waals surface area contributed by atoms with E-state index in [-0.39, 0.29) is 6.54 Å². The maximum absolute atomic E-state index is 12.5. The highest BCUT2D eigenvalue weighted by Gasteiger charge is 2.40. The number of halogens is 3. The Morgan fingerprint density at radius 1 is 1.38 bits per heavy atom. The molecule has 1 aromatic carbocycles. The molecule has 2 aliphatic rings. The Kier molecular flexibility index (Phi) is 4.71. The third-order valence-electron chi connectivity index (χ3n) is 4.68. The lowest BCUT2D eigenvalue weighted by Crippen LogP contribution is -2.43. The van der Waals surface area contributed by atoms with E-state index >= 15 is 0 Å². The number of hydrogen-bond donors (Lipinski definition) is 0. The summed E-state index contributed by atoms with van der Waals surface area (Å²) in [7, 11) is 1.80. The lowest BCUT2D eigenvalue weighted by Gasteiger charge is -2.24. The summed E-state index contributed by atoms with van der Waals surface area (Å²) in [4.78, 5) is 14.9. The van der Waals surface area contributed by atoms with Crippen molar-refractivity contribution in [2.24, 2.45) is 0 Å². The van der Waals surface area contributed by atoms with Gasteiger partial charge in [0, 0.05) is 19.5 Å². The summed E-state index contributed by atoms with van der Waals surface area (Å²) in [6, 6.07) is 5.63. The van der Waals surface area contributed by atoms with E-state index in [4.69, 9.17) is 4.74 Å². The number of hydrogen-bond acceptors (Lipinski definition) is 3. The molecular formula is C17H21F3N2O2. The van der Waals surface area contributed by atoms with Gasteiger partial charge in [0.1, 0.15) is 12.3 Å². The van der Waals surface area contributed by atoms with Gasteiger partial charge in [-0.25, -0.2) is 0 Å². The van der Waals surface area contributed by atoms with Gasteiger partial charge in [0.15, 0.2) is 0 Å². The number of likely N-dealkylation sites (tertiary alicyclic amines) is 1. The number of likely N-dealkylation sites (N-methyl/N-ethyl adjacent to an activating group) is 1. The van der Waals surface area contributed by atoms with E-state index in [1.54, 1.807) is 7.05 Å². The molecule has 0 saturated carbocycles. The highest BCUT2D eigenvalue weighted by molar-refractivity contribution is 5.84. The van der Waals surface area contributed by atoms with E-state index in [1.807, 2.05) is 17.0 Å². The predicted octanol–water partition coefficient (Wildman–Crippen LogP) is 2.26. The molecule has 7 heteroatoms. The third kappa shape index (κ3) is 3.83. The maximum Gasteiger partial charge on any atom is 0.406 e. The maximum atomic E-state index is 12.5. The Balaban J connectivity index is 1.54. The van der Waals surface area contributed by atoms with Gasteiger partial charge in [0.05, 0.1) is 12.6 Å². The van der Waals surface area contributed by atoms with E-state index in [0.717, 1.165) is 29.1 Å². The SMILES string of the molecule is CN(CCc1ccc2c(c1)CCO2)[C@@H]1CCN(CC(F)(F)F)C1=O. The van der Waals surface area contributed by atoms with Gasteiger partial charge >= 0.3 is 6.18 Å². The fourth-order valence-electron chi connectivity index (χ4n) is 3.36. The van der Waals surface area contributed by atoms with Crippen molar-refractivity contribution in [2.45, 2.75) is 31.5 Å². The number of carbonyl (C=O) groups excluding carboxylic acids is 1. The number of amides is 1. The molecular weight excluding hydrogens is 321 g/mol. The van der Waals surface area contributed by atoms with Crippen molar-refractivity contribution in [2.75, 3.05) is 33.3 Å². The standard InChI is InChI=1S/C17H21F3N2O2/c1-21(14-5-8-22(16(14)23)11-17(18,19)20)7-4-12-2-3-15-13(10-12)6-9-24-15/h2-3,10,14H,4-9,11H2,1H3/t14-/m1/s1. The number of ether oxygens (including phenoxy) is 1. The Morgan fingerprint density at radius 3 is 2.92 bits per heavy atom. The molecule has 0 spiro atoms. The normalized spacial score (nSPS) is 20.6. The summed E-state index contributed by atoms with van der Waals surface area (Å²) in [5, 5.41) is 0. The first-order valence-corrected chi connectivity index (χ1v) is 8.14. The van der Waals surface area contributed by atoms with Crippen molar-refractivity contribution in [1.29, 1.82) is 0 Å². The molecule has 2 aliphatic heterocycles. The zero-order valence-corrected chi connectivity index (χ0v) is 13.6. The third-order valence-corrected chi connectivity index (χ3v) is 4.68. The average molecular weight is 342 g/mol. The number of benzene rings is 1. The van der Waals surface area contributed by atoms with Crippen molar-refractivity contribution in [3.8, 4) is 5.75 Å². The molecule has 132 valence electrons. The number of rotatable bonds is 5. The largest absolute Gasteiger partial charge is 0.493 e. The smallest absolute Gasteiger partial charge is 0.406 e. The molecule has 1 atom stereocenters. The van der Waals surface area contributed by atoms with Crippen molar-refractivity contribution in [1.82, 2.24) is 9.80 Å². The molecule has 3 rings (SSSR count). The second-order valence-corrected chi connectivity index (χ2v) is 6.45. The zero-order valence-electron chi connectivity index (χ0n) is 13.6. The highest BCUT2D eigenvalue weighted by atomic mass is 19.4. The van der Waals surface area contributed by atoms with Crippen LogP contribution in [0.1, 0.15) is 17.5 Å². The minimum atomic E-state index is -4.34. The van der Waals surface area contributed by atoms with Crippen LogP contribution in [0.25, 0.3) is 0 Å². The molecule has 1 aromatic rings. The van der Waals surface area contributed by atoms with Crippen LogP contribution in [0.4, 0.5) is 13.2 Å². The number of fused-ring (bicyclic) bond motifs is 1. The van der Waals surface area contributed by atoms with E-state index < -0.39 is 24.7 Å². The van der Waals surface area contributed by atoms with Crippen LogP contribution in [-0.4, -0.2) is 61.2 Å². The molecule has 4 nitrogen and oxygen atoms in total. The molecule has 0 N–H and O–H groups in total. The van der Waals surface area contributed by atoms with E-state index in [0.29, 0.717) is 19.6 Å². The van der Waals surface area contributed by atoms with Crippen LogP contribution >= 0.6 is 0 Å². The van der Waals surface area contributed by atoms with Gasteiger partial charge in [-0.05, 0) is 37.1 Å². The molecule has 2 heterocycles. The minimum Gasteiger partial charge on any atom is -0.493 e. The molecule has 0 aliphatic carbocycles. The first-order chi connectivity index (χ1) is 11.3.